The van der Waals surface area contributed by atoms with E-state index in [2.05, 4.69) is 4.98 Å². The molecule has 160 valence electrons. The average molecular weight is 445 g/mol. The number of hydrogen-bond donors (Lipinski definition) is 0. The third-order valence-electron chi connectivity index (χ3n) is 5.00. The van der Waals surface area contributed by atoms with Gasteiger partial charge < -0.3 is 14.2 Å². The van der Waals surface area contributed by atoms with Gasteiger partial charge in [-0.25, -0.2) is 9.38 Å². The second-order valence-corrected chi connectivity index (χ2v) is 8.08. The van der Waals surface area contributed by atoms with E-state index in [9.17, 15) is 4.79 Å². The second-order valence-electron chi connectivity index (χ2n) is 7.08. The SMILES string of the molecule is COc1ccc(OCCOc2ccc(C=c3sc4nc5ccccc5n4c3=O)cc2)cc1. The summed E-state index contributed by atoms with van der Waals surface area (Å²) in [6.45, 7) is 0.859. The Hall–Kier alpha value is -3.84. The van der Waals surface area contributed by atoms with E-state index >= 15 is 0 Å². The Morgan fingerprint density at radius 2 is 1.50 bits per heavy atom. The lowest BCUT2D eigenvalue weighted by Gasteiger charge is -2.09. The molecule has 0 saturated heterocycles. The summed E-state index contributed by atoms with van der Waals surface area (Å²) in [5, 5.41) is 0. The summed E-state index contributed by atoms with van der Waals surface area (Å²) in [6, 6.07) is 22.7. The summed E-state index contributed by atoms with van der Waals surface area (Å²) in [5.74, 6) is 2.30. The van der Waals surface area contributed by atoms with Crippen LogP contribution in [0.25, 0.3) is 22.1 Å². The molecule has 0 N–H and O–H groups in total. The number of fused-ring (bicyclic) bond motifs is 3. The van der Waals surface area contributed by atoms with Crippen molar-refractivity contribution in [3.63, 3.8) is 0 Å². The highest BCUT2D eigenvalue weighted by Crippen LogP contribution is 2.18. The monoisotopic (exact) mass is 444 g/mol. The van der Waals surface area contributed by atoms with Gasteiger partial charge in [-0.1, -0.05) is 35.6 Å². The van der Waals surface area contributed by atoms with Crippen molar-refractivity contribution >= 4 is 33.4 Å². The molecule has 0 saturated carbocycles. The van der Waals surface area contributed by atoms with Crippen LogP contribution in [-0.4, -0.2) is 29.7 Å². The number of rotatable bonds is 7. The van der Waals surface area contributed by atoms with Crippen LogP contribution < -0.4 is 24.3 Å². The van der Waals surface area contributed by atoms with E-state index in [0.29, 0.717) is 22.7 Å². The summed E-state index contributed by atoms with van der Waals surface area (Å²) in [4.78, 5) is 18.1. The fourth-order valence-corrected chi connectivity index (χ4v) is 4.40. The molecule has 3 aromatic carbocycles. The average Bonchev–Trinajstić information content (AvgIpc) is 3.34. The first kappa shape index (κ1) is 20.1. The van der Waals surface area contributed by atoms with Crippen LogP contribution in [0.5, 0.6) is 17.2 Å². The van der Waals surface area contributed by atoms with Gasteiger partial charge in [-0.2, -0.15) is 0 Å². The molecule has 32 heavy (non-hydrogen) atoms. The zero-order chi connectivity index (χ0) is 21.9. The van der Waals surface area contributed by atoms with Crippen molar-refractivity contribution in [1.29, 1.82) is 0 Å². The maximum atomic E-state index is 12.9. The van der Waals surface area contributed by atoms with Gasteiger partial charge in [0.25, 0.3) is 5.56 Å². The summed E-state index contributed by atoms with van der Waals surface area (Å²) in [7, 11) is 1.63. The highest BCUT2D eigenvalue weighted by molar-refractivity contribution is 7.15. The summed E-state index contributed by atoms with van der Waals surface area (Å²) >= 11 is 1.39. The van der Waals surface area contributed by atoms with Crippen LogP contribution in [0.4, 0.5) is 0 Å². The predicted molar refractivity (Wildman–Crippen MR) is 126 cm³/mol. The summed E-state index contributed by atoms with van der Waals surface area (Å²) in [6.07, 6.45) is 1.88. The molecule has 6 nitrogen and oxygen atoms in total. The minimum absolute atomic E-state index is 0.0466. The minimum atomic E-state index is -0.0466. The Bertz CT molecular complexity index is 1470. The summed E-state index contributed by atoms with van der Waals surface area (Å²) < 4.78 is 18.9. The lowest BCUT2D eigenvalue weighted by Crippen LogP contribution is -2.22. The highest BCUT2D eigenvalue weighted by Gasteiger charge is 2.10. The van der Waals surface area contributed by atoms with Crippen LogP contribution in [0.1, 0.15) is 5.56 Å². The molecule has 0 aliphatic heterocycles. The quantitative estimate of drug-likeness (QED) is 0.356. The van der Waals surface area contributed by atoms with Crippen molar-refractivity contribution in [3.8, 4) is 17.2 Å². The Morgan fingerprint density at radius 3 is 2.19 bits per heavy atom. The number of methoxy groups -OCH3 is 1. The number of nitrogens with zero attached hydrogens (tertiary/aromatic N) is 2. The summed E-state index contributed by atoms with van der Waals surface area (Å²) in [5.41, 5.74) is 2.55. The van der Waals surface area contributed by atoms with Crippen molar-refractivity contribution in [3.05, 3.63) is 93.2 Å². The maximum absolute atomic E-state index is 12.9. The largest absolute Gasteiger partial charge is 0.497 e. The zero-order valence-corrected chi connectivity index (χ0v) is 18.2. The molecule has 0 unspecified atom stereocenters. The first-order valence-electron chi connectivity index (χ1n) is 10.1. The third kappa shape index (κ3) is 4.02. The molecule has 2 aromatic heterocycles. The van der Waals surface area contributed by atoms with E-state index < -0.39 is 0 Å². The Morgan fingerprint density at radius 1 is 0.875 bits per heavy atom. The maximum Gasteiger partial charge on any atom is 0.274 e. The molecule has 0 aliphatic carbocycles. The van der Waals surface area contributed by atoms with Crippen LogP contribution in [0.2, 0.25) is 0 Å². The Labute approximate surface area is 187 Å². The van der Waals surface area contributed by atoms with Gasteiger partial charge in [0.2, 0.25) is 0 Å². The van der Waals surface area contributed by atoms with Crippen molar-refractivity contribution < 1.29 is 14.2 Å². The topological polar surface area (TPSA) is 62.1 Å². The van der Waals surface area contributed by atoms with E-state index in [4.69, 9.17) is 14.2 Å². The number of imidazole rings is 1. The lowest BCUT2D eigenvalue weighted by atomic mass is 10.2. The minimum Gasteiger partial charge on any atom is -0.497 e. The van der Waals surface area contributed by atoms with Crippen LogP contribution in [0, 0.1) is 0 Å². The van der Waals surface area contributed by atoms with Gasteiger partial charge in [0.1, 0.15) is 30.5 Å². The molecule has 0 radical (unpaired) electrons. The molecule has 2 heterocycles. The van der Waals surface area contributed by atoms with Gasteiger partial charge in [-0.3, -0.25) is 4.79 Å². The van der Waals surface area contributed by atoms with E-state index in [1.807, 2.05) is 78.9 Å². The molecule has 0 fully saturated rings. The van der Waals surface area contributed by atoms with Gasteiger partial charge >= 0.3 is 0 Å². The van der Waals surface area contributed by atoms with Crippen molar-refractivity contribution in [2.45, 2.75) is 0 Å². The van der Waals surface area contributed by atoms with Crippen molar-refractivity contribution in [1.82, 2.24) is 9.38 Å². The van der Waals surface area contributed by atoms with Gasteiger partial charge in [0, 0.05) is 0 Å². The van der Waals surface area contributed by atoms with E-state index in [1.54, 1.807) is 11.5 Å². The van der Waals surface area contributed by atoms with Gasteiger partial charge in [0.15, 0.2) is 4.96 Å². The van der Waals surface area contributed by atoms with Crippen LogP contribution >= 0.6 is 11.3 Å². The van der Waals surface area contributed by atoms with Crippen LogP contribution in [0.3, 0.4) is 0 Å². The van der Waals surface area contributed by atoms with Gasteiger partial charge in [0.05, 0.1) is 22.7 Å². The molecule has 0 atom stereocenters. The third-order valence-corrected chi connectivity index (χ3v) is 5.97. The van der Waals surface area contributed by atoms with Crippen molar-refractivity contribution in [2.75, 3.05) is 20.3 Å². The fraction of sp³-hybridized carbons (Fsp3) is 0.120. The van der Waals surface area contributed by atoms with Gasteiger partial charge in [-0.05, 0) is 60.2 Å². The molecule has 7 heteroatoms. The number of thiazole rings is 1. The van der Waals surface area contributed by atoms with E-state index in [-0.39, 0.29) is 5.56 Å². The molecule has 0 spiro atoms. The van der Waals surface area contributed by atoms with Crippen LogP contribution in [0.15, 0.2) is 77.6 Å². The van der Waals surface area contributed by atoms with Crippen molar-refractivity contribution in [2.24, 2.45) is 0 Å². The zero-order valence-electron chi connectivity index (χ0n) is 17.4. The Balaban J connectivity index is 1.24. The molecule has 5 rings (SSSR count). The van der Waals surface area contributed by atoms with Crippen LogP contribution in [-0.2, 0) is 0 Å². The first-order chi connectivity index (χ1) is 15.7. The highest BCUT2D eigenvalue weighted by atomic mass is 32.1. The second kappa shape index (κ2) is 8.72. The number of ether oxygens (including phenoxy) is 3. The first-order valence-corrected chi connectivity index (χ1v) is 10.9. The number of aromatic nitrogens is 2. The van der Waals surface area contributed by atoms with E-state index in [0.717, 1.165) is 33.8 Å². The molecule has 0 bridgehead atoms. The molecular weight excluding hydrogens is 424 g/mol. The number of para-hydroxylation sites is 2. The van der Waals surface area contributed by atoms with E-state index in [1.165, 1.54) is 11.3 Å². The normalized spacial score (nSPS) is 11.8. The molecule has 5 aromatic rings. The number of benzene rings is 3. The smallest absolute Gasteiger partial charge is 0.274 e. The Kier molecular flexibility index (Phi) is 5.47. The standard InChI is InChI=1S/C25H20N2O4S/c1-29-18-10-12-20(13-11-18)31-15-14-30-19-8-6-17(7-9-19)16-23-24(28)27-22-5-3-2-4-21(22)26-25(27)32-23/h2-13,16H,14-15H2,1H3. The molecule has 0 amide bonds. The number of hydrogen-bond acceptors (Lipinski definition) is 6. The fourth-order valence-electron chi connectivity index (χ4n) is 3.41. The molecular formula is C25H20N2O4S. The van der Waals surface area contributed by atoms with Gasteiger partial charge in [-0.15, -0.1) is 0 Å². The predicted octanol–water partition coefficient (Wildman–Crippen LogP) is 3.92. The molecule has 0 aliphatic rings. The lowest BCUT2D eigenvalue weighted by molar-refractivity contribution is 0.217.